The van der Waals surface area contributed by atoms with Crippen molar-refractivity contribution in [2.45, 2.75) is 0 Å². The maximum Gasteiger partial charge on any atom is 0.328 e. The Balaban J connectivity index is 3.25. The number of phenols is 2. The molecule has 7 nitrogen and oxygen atoms in total. The number of rotatable bonds is 3. The first-order valence-corrected chi connectivity index (χ1v) is 4.03. The lowest BCUT2D eigenvalue weighted by molar-refractivity contribution is -0.385. The summed E-state index contributed by atoms with van der Waals surface area (Å²) < 4.78 is 0. The molecular formula is C9H7NO6. The Kier molecular flexibility index (Phi) is 3.09. The Labute approximate surface area is 89.0 Å². The second kappa shape index (κ2) is 4.30. The summed E-state index contributed by atoms with van der Waals surface area (Å²) in [7, 11) is 0. The van der Waals surface area contributed by atoms with Crippen LogP contribution in [-0.4, -0.2) is 26.2 Å². The van der Waals surface area contributed by atoms with Crippen molar-refractivity contribution in [3.63, 3.8) is 0 Å². The van der Waals surface area contributed by atoms with Crippen LogP contribution < -0.4 is 0 Å². The van der Waals surface area contributed by atoms with E-state index in [1.807, 2.05) is 0 Å². The number of aromatic hydroxyl groups is 2. The molecule has 1 rings (SSSR count). The minimum Gasteiger partial charge on any atom is -0.507 e. The molecule has 0 saturated carbocycles. The van der Waals surface area contributed by atoms with E-state index in [2.05, 4.69) is 0 Å². The predicted octanol–water partition coefficient (Wildman–Crippen LogP) is 1.10. The first-order valence-electron chi connectivity index (χ1n) is 4.03. The summed E-state index contributed by atoms with van der Waals surface area (Å²) >= 11 is 0. The highest BCUT2D eigenvalue weighted by Crippen LogP contribution is 2.33. The zero-order chi connectivity index (χ0) is 12.3. The lowest BCUT2D eigenvalue weighted by atomic mass is 10.1. The molecule has 3 N–H and O–H groups in total. The average molecular weight is 225 g/mol. The monoisotopic (exact) mass is 225 g/mol. The number of aliphatic carboxylic acids is 1. The second-order valence-electron chi connectivity index (χ2n) is 2.83. The first-order chi connectivity index (χ1) is 7.41. The average Bonchev–Trinajstić information content (AvgIpc) is 2.15. The topological polar surface area (TPSA) is 121 Å². The number of nitrogens with zero attached hydrogens (tertiary/aromatic N) is 1. The van der Waals surface area contributed by atoms with Gasteiger partial charge in [-0.3, -0.25) is 10.1 Å². The summed E-state index contributed by atoms with van der Waals surface area (Å²) in [6.45, 7) is 0. The Morgan fingerprint density at radius 1 is 1.31 bits per heavy atom. The third-order valence-electron chi connectivity index (χ3n) is 1.73. The number of carboxylic acids is 1. The Bertz CT molecular complexity index is 479. The third kappa shape index (κ3) is 2.47. The van der Waals surface area contributed by atoms with E-state index >= 15 is 0 Å². The molecule has 1 aromatic rings. The van der Waals surface area contributed by atoms with Gasteiger partial charge >= 0.3 is 11.7 Å². The number of benzene rings is 1. The molecule has 0 fully saturated rings. The van der Waals surface area contributed by atoms with Gasteiger partial charge in [0.2, 0.25) is 0 Å². The van der Waals surface area contributed by atoms with E-state index in [1.54, 1.807) is 0 Å². The lowest BCUT2D eigenvalue weighted by Gasteiger charge is -2.01. The molecule has 0 bridgehead atoms. The highest BCUT2D eigenvalue weighted by atomic mass is 16.6. The molecule has 0 aliphatic carbocycles. The second-order valence-corrected chi connectivity index (χ2v) is 2.83. The van der Waals surface area contributed by atoms with Gasteiger partial charge in [0.05, 0.1) is 4.92 Å². The molecule has 1 aromatic carbocycles. The zero-order valence-corrected chi connectivity index (χ0v) is 7.82. The maximum absolute atomic E-state index is 10.4. The molecule has 0 radical (unpaired) electrons. The fourth-order valence-electron chi connectivity index (χ4n) is 1.02. The van der Waals surface area contributed by atoms with Gasteiger partial charge in [-0.25, -0.2) is 4.79 Å². The van der Waals surface area contributed by atoms with Crippen LogP contribution in [0.3, 0.4) is 0 Å². The molecule has 84 valence electrons. The van der Waals surface area contributed by atoms with Crippen molar-refractivity contribution in [3.05, 3.63) is 33.9 Å². The number of phenolic OH excluding ortho intramolecular Hbond substituents is 2. The minimum atomic E-state index is -1.25. The van der Waals surface area contributed by atoms with E-state index in [4.69, 9.17) is 10.2 Å². The van der Waals surface area contributed by atoms with Crippen molar-refractivity contribution < 1.29 is 25.0 Å². The van der Waals surface area contributed by atoms with Crippen molar-refractivity contribution in [1.82, 2.24) is 0 Å². The molecule has 7 heteroatoms. The number of hydrogen-bond acceptors (Lipinski definition) is 5. The van der Waals surface area contributed by atoms with Gasteiger partial charge in [-0.2, -0.15) is 0 Å². The van der Waals surface area contributed by atoms with Crippen LogP contribution in [0.25, 0.3) is 6.08 Å². The Morgan fingerprint density at radius 2 is 1.94 bits per heavy atom. The molecule has 0 aromatic heterocycles. The van der Waals surface area contributed by atoms with Gasteiger partial charge in [0.1, 0.15) is 5.75 Å². The molecule has 0 aliphatic heterocycles. The first kappa shape index (κ1) is 11.5. The summed E-state index contributed by atoms with van der Waals surface area (Å²) in [5.74, 6) is -2.38. The van der Waals surface area contributed by atoms with Gasteiger partial charge in [0.15, 0.2) is 5.75 Å². The molecule has 0 spiro atoms. The number of nitro groups is 1. The normalized spacial score (nSPS) is 10.5. The number of hydrogen-bond donors (Lipinski definition) is 3. The van der Waals surface area contributed by atoms with E-state index in [0.29, 0.717) is 0 Å². The smallest absolute Gasteiger partial charge is 0.328 e. The van der Waals surface area contributed by atoms with Crippen molar-refractivity contribution >= 4 is 17.7 Å². The number of nitro benzene ring substituents is 1. The summed E-state index contributed by atoms with van der Waals surface area (Å²) in [5, 5.41) is 37.2. The van der Waals surface area contributed by atoms with Crippen LogP contribution in [0.1, 0.15) is 5.56 Å². The van der Waals surface area contributed by atoms with Gasteiger partial charge in [0.25, 0.3) is 0 Å². The predicted molar refractivity (Wildman–Crippen MR) is 53.1 cm³/mol. The van der Waals surface area contributed by atoms with E-state index < -0.39 is 28.1 Å². The summed E-state index contributed by atoms with van der Waals surface area (Å²) in [6, 6.07) is 1.66. The van der Waals surface area contributed by atoms with E-state index in [0.717, 1.165) is 24.3 Å². The van der Waals surface area contributed by atoms with E-state index in [-0.39, 0.29) is 5.56 Å². The van der Waals surface area contributed by atoms with Gasteiger partial charge in [-0.1, -0.05) is 0 Å². The van der Waals surface area contributed by atoms with Gasteiger partial charge in [-0.05, 0) is 6.08 Å². The fourth-order valence-corrected chi connectivity index (χ4v) is 1.02. The Hall–Kier alpha value is -2.57. The van der Waals surface area contributed by atoms with Crippen LogP contribution in [-0.2, 0) is 4.79 Å². The molecule has 0 unspecified atom stereocenters. The van der Waals surface area contributed by atoms with Crippen molar-refractivity contribution in [3.8, 4) is 11.5 Å². The van der Waals surface area contributed by atoms with Crippen LogP contribution in [0, 0.1) is 10.1 Å². The minimum absolute atomic E-state index is 0.0631. The van der Waals surface area contributed by atoms with Gasteiger partial charge in [-0.15, -0.1) is 0 Å². The number of carbonyl (C=O) groups is 1. The largest absolute Gasteiger partial charge is 0.507 e. The van der Waals surface area contributed by atoms with Crippen LogP contribution in [0.5, 0.6) is 11.5 Å². The highest BCUT2D eigenvalue weighted by molar-refractivity contribution is 5.86. The molecule has 16 heavy (non-hydrogen) atoms. The highest BCUT2D eigenvalue weighted by Gasteiger charge is 2.16. The van der Waals surface area contributed by atoms with Crippen molar-refractivity contribution in [2.24, 2.45) is 0 Å². The fraction of sp³-hybridized carbons (Fsp3) is 0. The molecular weight excluding hydrogens is 218 g/mol. The third-order valence-corrected chi connectivity index (χ3v) is 1.73. The summed E-state index contributed by atoms with van der Waals surface area (Å²) in [4.78, 5) is 19.8. The number of carboxylic acid groups (broad SMARTS) is 1. The molecule has 0 saturated heterocycles. The molecule has 0 atom stereocenters. The maximum atomic E-state index is 10.4. The van der Waals surface area contributed by atoms with E-state index in [1.165, 1.54) is 0 Å². The summed E-state index contributed by atoms with van der Waals surface area (Å²) in [6.07, 6.45) is 1.71. The van der Waals surface area contributed by atoms with Crippen molar-refractivity contribution in [1.29, 1.82) is 0 Å². The van der Waals surface area contributed by atoms with Crippen LogP contribution in [0.15, 0.2) is 18.2 Å². The quantitative estimate of drug-likeness (QED) is 0.402. The lowest BCUT2D eigenvalue weighted by Crippen LogP contribution is -1.90. The standard InChI is InChI=1S/C9H7NO6/c11-7-4-8(12)6(10(15)16)3-5(7)1-2-9(13)14/h1-4,11-12H,(H,13,14)/b2-1+. The summed E-state index contributed by atoms with van der Waals surface area (Å²) in [5.41, 5.74) is -0.672. The molecule has 0 amide bonds. The van der Waals surface area contributed by atoms with E-state index in [9.17, 15) is 20.0 Å². The van der Waals surface area contributed by atoms with Gasteiger partial charge < -0.3 is 15.3 Å². The SMILES string of the molecule is O=C(O)/C=C/c1cc([N+](=O)[O-])c(O)cc1O. The molecule has 0 aliphatic rings. The molecule has 0 heterocycles. The van der Waals surface area contributed by atoms with Crippen LogP contribution >= 0.6 is 0 Å². The Morgan fingerprint density at radius 3 is 2.44 bits per heavy atom. The zero-order valence-electron chi connectivity index (χ0n) is 7.82. The van der Waals surface area contributed by atoms with Crippen molar-refractivity contribution in [2.75, 3.05) is 0 Å². The van der Waals surface area contributed by atoms with Crippen LogP contribution in [0.4, 0.5) is 5.69 Å². The van der Waals surface area contributed by atoms with Gasteiger partial charge in [0, 0.05) is 23.8 Å². The van der Waals surface area contributed by atoms with Crippen LogP contribution in [0.2, 0.25) is 0 Å².